The van der Waals surface area contributed by atoms with E-state index in [4.69, 9.17) is 10.8 Å². The molecule has 0 aliphatic heterocycles. The fraction of sp³-hybridized carbons (Fsp3) is 0.333. The summed E-state index contributed by atoms with van der Waals surface area (Å²) >= 11 is 0. The second-order valence-electron chi connectivity index (χ2n) is 9.43. The monoisotopic (exact) mass is 603 g/mol. The highest BCUT2D eigenvalue weighted by Crippen LogP contribution is 2.12. The lowest BCUT2D eigenvalue weighted by Gasteiger charge is -2.21. The third-order valence-corrected chi connectivity index (χ3v) is 5.99. The Hall–Kier alpha value is -5.22. The first-order valence-electron chi connectivity index (χ1n) is 12.8. The molecule has 43 heavy (non-hydrogen) atoms. The first kappa shape index (κ1) is 34.0. The molecule has 0 unspecified atom stereocenters. The Morgan fingerprint density at radius 2 is 1.19 bits per heavy atom. The van der Waals surface area contributed by atoms with Gasteiger partial charge in [0, 0.05) is 6.42 Å². The van der Waals surface area contributed by atoms with Gasteiger partial charge in [0.05, 0.1) is 25.6 Å². The molecule has 0 spiro atoms. The van der Waals surface area contributed by atoms with Crippen molar-refractivity contribution in [1.29, 1.82) is 0 Å². The van der Waals surface area contributed by atoms with Crippen LogP contribution in [0.3, 0.4) is 0 Å². The lowest BCUT2D eigenvalue weighted by molar-refractivity contribution is -0.142. The molecule has 2 aromatic rings. The van der Waals surface area contributed by atoms with Crippen LogP contribution in [-0.4, -0.2) is 98.4 Å². The number of aromatic hydroxyl groups is 2. The third kappa shape index (κ3) is 11.7. The number of phenolic OH excluding ortho intramolecular Hbond substituents is 2. The molecule has 16 nitrogen and oxygen atoms in total. The third-order valence-electron chi connectivity index (χ3n) is 5.99. The Morgan fingerprint density at radius 3 is 1.67 bits per heavy atom. The molecule has 0 heterocycles. The number of nitrogens with two attached hydrogens (primary N) is 1. The number of carbonyl (C=O) groups excluding carboxylic acids is 4. The minimum atomic E-state index is -1.61. The zero-order valence-corrected chi connectivity index (χ0v) is 22.7. The number of amides is 4. The number of aliphatic hydroxyl groups is 1. The van der Waals surface area contributed by atoms with Gasteiger partial charge in [0.1, 0.15) is 29.6 Å². The number of hydrogen-bond acceptors (Lipinski definition) is 10. The van der Waals surface area contributed by atoms with Crippen LogP contribution in [0.2, 0.25) is 0 Å². The van der Waals surface area contributed by atoms with E-state index in [0.29, 0.717) is 11.1 Å². The van der Waals surface area contributed by atoms with Crippen molar-refractivity contribution in [2.45, 2.75) is 43.4 Å². The standard InChI is InChI=1S/C27H33N5O11/c28-18(9-14-1-5-16(34)6-2-14)24(39)31-19(11-23(37)38)25(40)29-12-22(36)30-21(13-33)26(41)32-20(27(42)43)10-15-3-7-17(35)8-4-15/h1-8,18-21,33-35H,9-13,28H2,(H,29,40)(H,30,36)(H,31,39)(H,32,41)(H,37,38)(H,42,43)/t18-,19-,20-,21-/m0/s1. The number of hydrogen-bond donors (Lipinski definition) is 10. The van der Waals surface area contributed by atoms with Gasteiger partial charge in [-0.15, -0.1) is 0 Å². The zero-order chi connectivity index (χ0) is 32.1. The molecule has 0 saturated carbocycles. The van der Waals surface area contributed by atoms with Gasteiger partial charge in [-0.05, 0) is 41.8 Å². The molecule has 4 amide bonds. The molecule has 0 bridgehead atoms. The van der Waals surface area contributed by atoms with Gasteiger partial charge in [0.15, 0.2) is 0 Å². The van der Waals surface area contributed by atoms with E-state index in [0.717, 1.165) is 0 Å². The van der Waals surface area contributed by atoms with Crippen molar-refractivity contribution in [1.82, 2.24) is 21.3 Å². The van der Waals surface area contributed by atoms with Crippen molar-refractivity contribution in [3.63, 3.8) is 0 Å². The van der Waals surface area contributed by atoms with Gasteiger partial charge in [-0.1, -0.05) is 24.3 Å². The van der Waals surface area contributed by atoms with Gasteiger partial charge in [-0.25, -0.2) is 4.79 Å². The van der Waals surface area contributed by atoms with Gasteiger partial charge < -0.3 is 52.5 Å². The summed E-state index contributed by atoms with van der Waals surface area (Å²) in [5, 5.41) is 55.6. The normalized spacial score (nSPS) is 13.4. The Kier molecular flexibility index (Phi) is 12.9. The van der Waals surface area contributed by atoms with Crippen LogP contribution in [0.1, 0.15) is 17.5 Å². The Morgan fingerprint density at radius 1 is 0.674 bits per heavy atom. The highest BCUT2D eigenvalue weighted by atomic mass is 16.4. The lowest BCUT2D eigenvalue weighted by atomic mass is 10.0. The maximum Gasteiger partial charge on any atom is 0.326 e. The van der Waals surface area contributed by atoms with Crippen molar-refractivity contribution in [2.75, 3.05) is 13.2 Å². The van der Waals surface area contributed by atoms with Crippen molar-refractivity contribution >= 4 is 35.6 Å². The summed E-state index contributed by atoms with van der Waals surface area (Å²) in [5.41, 5.74) is 6.93. The molecule has 2 aromatic carbocycles. The molecule has 4 atom stereocenters. The number of aliphatic carboxylic acids is 2. The van der Waals surface area contributed by atoms with Crippen molar-refractivity contribution in [2.24, 2.45) is 5.73 Å². The minimum absolute atomic E-state index is 0.00464. The maximum absolute atomic E-state index is 12.6. The largest absolute Gasteiger partial charge is 0.508 e. The number of carboxylic acid groups (broad SMARTS) is 2. The van der Waals surface area contributed by atoms with Gasteiger partial charge in [-0.3, -0.25) is 24.0 Å². The highest BCUT2D eigenvalue weighted by molar-refractivity contribution is 5.95. The smallest absolute Gasteiger partial charge is 0.326 e. The lowest BCUT2D eigenvalue weighted by Crippen LogP contribution is -2.56. The summed E-state index contributed by atoms with van der Waals surface area (Å²) < 4.78 is 0. The van der Waals surface area contributed by atoms with Crippen LogP contribution in [-0.2, 0) is 41.6 Å². The van der Waals surface area contributed by atoms with E-state index in [1.165, 1.54) is 48.5 Å². The first-order valence-corrected chi connectivity index (χ1v) is 12.8. The van der Waals surface area contributed by atoms with Crippen LogP contribution in [0, 0.1) is 0 Å². The molecule has 0 radical (unpaired) electrons. The summed E-state index contributed by atoms with van der Waals surface area (Å²) in [5.74, 6) is -6.79. The molecule has 0 aromatic heterocycles. The molecule has 2 rings (SSSR count). The molecule has 11 N–H and O–H groups in total. The second-order valence-corrected chi connectivity index (χ2v) is 9.43. The predicted octanol–water partition coefficient (Wildman–Crippen LogP) is -2.67. The average molecular weight is 604 g/mol. The molecular formula is C27H33N5O11. The number of nitrogens with one attached hydrogen (secondary N) is 4. The highest BCUT2D eigenvalue weighted by Gasteiger charge is 2.29. The molecule has 0 aliphatic carbocycles. The fourth-order valence-electron chi connectivity index (χ4n) is 3.71. The number of aliphatic hydroxyl groups excluding tert-OH is 1. The molecule has 16 heteroatoms. The van der Waals surface area contributed by atoms with Crippen molar-refractivity contribution in [3.05, 3.63) is 59.7 Å². The van der Waals surface area contributed by atoms with Crippen LogP contribution in [0.5, 0.6) is 11.5 Å². The molecule has 0 aliphatic rings. The molecule has 0 saturated heterocycles. The van der Waals surface area contributed by atoms with Gasteiger partial charge in [-0.2, -0.15) is 0 Å². The summed E-state index contributed by atoms with van der Waals surface area (Å²) in [7, 11) is 0. The van der Waals surface area contributed by atoms with Crippen LogP contribution in [0.25, 0.3) is 0 Å². The maximum atomic E-state index is 12.6. The van der Waals surface area contributed by atoms with Crippen molar-refractivity contribution in [3.8, 4) is 11.5 Å². The van der Waals surface area contributed by atoms with Gasteiger partial charge in [0.2, 0.25) is 23.6 Å². The van der Waals surface area contributed by atoms with Gasteiger partial charge in [0.25, 0.3) is 0 Å². The van der Waals surface area contributed by atoms with Crippen LogP contribution in [0.15, 0.2) is 48.5 Å². The van der Waals surface area contributed by atoms with E-state index >= 15 is 0 Å². The molecule has 232 valence electrons. The summed E-state index contributed by atoms with van der Waals surface area (Å²) in [6.07, 6.45) is -0.999. The fourth-order valence-corrected chi connectivity index (χ4v) is 3.71. The van der Waals surface area contributed by atoms with Crippen LogP contribution >= 0.6 is 0 Å². The van der Waals surface area contributed by atoms with E-state index in [-0.39, 0.29) is 24.3 Å². The van der Waals surface area contributed by atoms with E-state index < -0.39 is 79.3 Å². The SMILES string of the molecule is N[C@@H](Cc1ccc(O)cc1)C(=O)N[C@@H](CC(=O)O)C(=O)NCC(=O)N[C@@H](CO)C(=O)N[C@@H](Cc1ccc(O)cc1)C(=O)O. The van der Waals surface area contributed by atoms with Crippen molar-refractivity contribution < 1.29 is 54.3 Å². The Balaban J connectivity index is 1.93. The minimum Gasteiger partial charge on any atom is -0.508 e. The average Bonchev–Trinajstić information content (AvgIpc) is 2.95. The number of benzene rings is 2. The molecule has 0 fully saturated rings. The van der Waals surface area contributed by atoms with E-state index in [9.17, 15) is 49.2 Å². The van der Waals surface area contributed by atoms with Gasteiger partial charge >= 0.3 is 11.9 Å². The predicted molar refractivity (Wildman–Crippen MR) is 147 cm³/mol. The topological polar surface area (TPSA) is 278 Å². The quantitative estimate of drug-likeness (QED) is 0.0941. The van der Waals surface area contributed by atoms with Crippen LogP contribution < -0.4 is 27.0 Å². The first-order chi connectivity index (χ1) is 20.3. The summed E-state index contributed by atoms with van der Waals surface area (Å²) in [4.78, 5) is 72.9. The van der Waals surface area contributed by atoms with Crippen LogP contribution in [0.4, 0.5) is 0 Å². The number of rotatable bonds is 16. The zero-order valence-electron chi connectivity index (χ0n) is 22.7. The summed E-state index contributed by atoms with van der Waals surface area (Å²) in [6, 6.07) is 5.57. The number of phenols is 2. The van der Waals surface area contributed by atoms with E-state index in [1.807, 2.05) is 0 Å². The second kappa shape index (κ2) is 16.3. The summed E-state index contributed by atoms with van der Waals surface area (Å²) in [6.45, 7) is -1.71. The Labute approximate surface area is 244 Å². The Bertz CT molecular complexity index is 1300. The molecular weight excluding hydrogens is 570 g/mol. The van der Waals surface area contributed by atoms with E-state index in [2.05, 4.69) is 21.3 Å². The number of carboxylic acids is 2. The van der Waals surface area contributed by atoms with E-state index in [1.54, 1.807) is 0 Å². The number of carbonyl (C=O) groups is 6.